The highest BCUT2D eigenvalue weighted by molar-refractivity contribution is 7.98. The van der Waals surface area contributed by atoms with Gasteiger partial charge in [0.05, 0.1) is 24.2 Å². The van der Waals surface area contributed by atoms with Crippen molar-refractivity contribution >= 4 is 17.4 Å². The van der Waals surface area contributed by atoms with Crippen molar-refractivity contribution in [3.05, 3.63) is 88.6 Å². The molecule has 9 heteroatoms. The molecule has 0 atom stereocenters. The molecule has 0 saturated heterocycles. The van der Waals surface area contributed by atoms with Crippen molar-refractivity contribution < 1.29 is 4.74 Å². The van der Waals surface area contributed by atoms with Gasteiger partial charge in [0.25, 0.3) is 5.56 Å². The first kappa shape index (κ1) is 21.0. The normalized spacial score (nSPS) is 11.2. The maximum absolute atomic E-state index is 12.6. The Morgan fingerprint density at radius 2 is 1.91 bits per heavy atom. The number of para-hydroxylation sites is 2. The van der Waals surface area contributed by atoms with E-state index >= 15 is 0 Å². The summed E-state index contributed by atoms with van der Waals surface area (Å²) in [4.78, 5) is 17.2. The van der Waals surface area contributed by atoms with Crippen LogP contribution in [0.1, 0.15) is 11.3 Å². The number of methoxy groups -OCH3 is 1. The summed E-state index contributed by atoms with van der Waals surface area (Å²) in [7, 11) is 3.61. The number of aromatic nitrogens is 6. The van der Waals surface area contributed by atoms with E-state index in [0.717, 1.165) is 16.9 Å². The fourth-order valence-electron chi connectivity index (χ4n) is 3.73. The largest absolute Gasteiger partial charge is 0.495 e. The third kappa shape index (κ3) is 3.91. The summed E-state index contributed by atoms with van der Waals surface area (Å²) < 4.78 is 11.2. The Labute approximate surface area is 194 Å². The van der Waals surface area contributed by atoms with Gasteiger partial charge >= 0.3 is 0 Å². The molecule has 0 N–H and O–H groups in total. The molecular weight excluding hydrogens is 436 g/mol. The van der Waals surface area contributed by atoms with E-state index in [2.05, 4.69) is 15.2 Å². The highest BCUT2D eigenvalue weighted by Crippen LogP contribution is 2.33. The van der Waals surface area contributed by atoms with E-state index in [4.69, 9.17) is 4.74 Å². The molecule has 0 fully saturated rings. The number of rotatable bonds is 6. The number of fused-ring (bicyclic) bond motifs is 1. The number of thioether (sulfide) groups is 1. The van der Waals surface area contributed by atoms with Gasteiger partial charge in [0.1, 0.15) is 11.4 Å². The molecule has 5 aromatic rings. The SMILES string of the molecule is COc1ccccc1-n1c(SCc2cc(=O)n3cc(C)ccc3n2)nnc1-c1cccn1C. The molecule has 4 heterocycles. The molecule has 1 aromatic carbocycles. The van der Waals surface area contributed by atoms with Crippen LogP contribution in [0.4, 0.5) is 0 Å². The predicted molar refractivity (Wildman–Crippen MR) is 128 cm³/mol. The predicted octanol–water partition coefficient (Wildman–Crippen LogP) is 3.89. The Hall–Kier alpha value is -3.85. The highest BCUT2D eigenvalue weighted by Gasteiger charge is 2.20. The standard InChI is InChI=1S/C24H22N6O2S/c1-16-10-11-21-25-17(13-22(31)29(21)14-16)15-33-24-27-26-23(19-8-6-12-28(19)2)30(24)18-7-4-5-9-20(18)32-3/h4-14H,15H2,1-3H3. The Morgan fingerprint density at radius 1 is 1.06 bits per heavy atom. The van der Waals surface area contributed by atoms with Crippen LogP contribution in [0.25, 0.3) is 22.9 Å². The first-order chi connectivity index (χ1) is 16.0. The summed E-state index contributed by atoms with van der Waals surface area (Å²) >= 11 is 1.47. The zero-order valence-corrected chi connectivity index (χ0v) is 19.3. The number of hydrogen-bond donors (Lipinski definition) is 0. The van der Waals surface area contributed by atoms with Crippen molar-refractivity contribution in [1.29, 1.82) is 0 Å². The number of pyridine rings is 1. The third-order valence-electron chi connectivity index (χ3n) is 5.34. The van der Waals surface area contributed by atoms with E-state index in [1.54, 1.807) is 23.8 Å². The van der Waals surface area contributed by atoms with Crippen molar-refractivity contribution in [2.24, 2.45) is 7.05 Å². The van der Waals surface area contributed by atoms with Gasteiger partial charge in [-0.2, -0.15) is 0 Å². The second-order valence-electron chi connectivity index (χ2n) is 7.63. The average molecular weight is 459 g/mol. The van der Waals surface area contributed by atoms with Crippen LogP contribution in [0.15, 0.2) is 76.9 Å². The topological polar surface area (TPSA) is 79.2 Å². The van der Waals surface area contributed by atoms with Gasteiger partial charge in [0, 0.05) is 31.3 Å². The molecule has 0 aliphatic carbocycles. The molecule has 33 heavy (non-hydrogen) atoms. The summed E-state index contributed by atoms with van der Waals surface area (Å²) in [6, 6.07) is 17.1. The van der Waals surface area contributed by atoms with E-state index in [1.165, 1.54) is 11.8 Å². The van der Waals surface area contributed by atoms with Gasteiger partial charge < -0.3 is 9.30 Å². The molecule has 5 rings (SSSR count). The van der Waals surface area contributed by atoms with Crippen LogP contribution < -0.4 is 10.3 Å². The Bertz CT molecular complexity index is 1520. The fraction of sp³-hybridized carbons (Fsp3) is 0.167. The second-order valence-corrected chi connectivity index (χ2v) is 8.57. The minimum absolute atomic E-state index is 0.102. The van der Waals surface area contributed by atoms with Crippen LogP contribution in [-0.2, 0) is 12.8 Å². The first-order valence-corrected chi connectivity index (χ1v) is 11.4. The number of hydrogen-bond acceptors (Lipinski definition) is 6. The second kappa shape index (κ2) is 8.59. The van der Waals surface area contributed by atoms with E-state index in [-0.39, 0.29) is 5.56 Å². The molecule has 0 bridgehead atoms. The van der Waals surface area contributed by atoms with Gasteiger partial charge in [-0.15, -0.1) is 10.2 Å². The van der Waals surface area contributed by atoms with Crippen molar-refractivity contribution in [3.63, 3.8) is 0 Å². The molecule has 0 aliphatic rings. The van der Waals surface area contributed by atoms with Crippen LogP contribution >= 0.6 is 11.8 Å². The minimum atomic E-state index is -0.102. The van der Waals surface area contributed by atoms with E-state index < -0.39 is 0 Å². The van der Waals surface area contributed by atoms with Crippen LogP contribution in [0.2, 0.25) is 0 Å². The first-order valence-electron chi connectivity index (χ1n) is 10.4. The summed E-state index contributed by atoms with van der Waals surface area (Å²) in [5.74, 6) is 1.89. The lowest BCUT2D eigenvalue weighted by atomic mass is 10.2. The van der Waals surface area contributed by atoms with Gasteiger partial charge in [-0.25, -0.2) is 4.98 Å². The summed E-state index contributed by atoms with van der Waals surface area (Å²) in [5.41, 5.74) is 3.98. The molecule has 0 amide bonds. The van der Waals surface area contributed by atoms with Crippen LogP contribution in [0.5, 0.6) is 5.75 Å². The van der Waals surface area contributed by atoms with Crippen molar-refractivity contribution in [3.8, 4) is 23.0 Å². The third-order valence-corrected chi connectivity index (χ3v) is 6.30. The van der Waals surface area contributed by atoms with Gasteiger partial charge in [0.2, 0.25) is 0 Å². The van der Waals surface area contributed by atoms with Crippen LogP contribution in [0, 0.1) is 6.92 Å². The van der Waals surface area contributed by atoms with Crippen molar-refractivity contribution in [1.82, 2.24) is 28.7 Å². The maximum atomic E-state index is 12.6. The number of ether oxygens (including phenoxy) is 1. The van der Waals surface area contributed by atoms with Gasteiger partial charge in [0.15, 0.2) is 11.0 Å². The van der Waals surface area contributed by atoms with Gasteiger partial charge in [-0.3, -0.25) is 13.8 Å². The van der Waals surface area contributed by atoms with Gasteiger partial charge in [-0.05, 0) is 42.8 Å². The Kier molecular flexibility index (Phi) is 5.47. The molecule has 4 aromatic heterocycles. The maximum Gasteiger partial charge on any atom is 0.258 e. The molecule has 0 spiro atoms. The molecule has 0 saturated carbocycles. The van der Waals surface area contributed by atoms with Crippen LogP contribution in [-0.4, -0.2) is 35.8 Å². The summed E-state index contributed by atoms with van der Waals surface area (Å²) in [6.45, 7) is 1.95. The number of nitrogens with zero attached hydrogens (tertiary/aromatic N) is 6. The number of benzene rings is 1. The quantitative estimate of drug-likeness (QED) is 0.359. The van der Waals surface area contributed by atoms with Crippen molar-refractivity contribution in [2.75, 3.05) is 7.11 Å². The average Bonchev–Trinajstić information content (AvgIpc) is 3.43. The smallest absolute Gasteiger partial charge is 0.258 e. The zero-order chi connectivity index (χ0) is 22.9. The van der Waals surface area contributed by atoms with E-state index in [0.29, 0.717) is 33.8 Å². The van der Waals surface area contributed by atoms with Gasteiger partial charge in [-0.1, -0.05) is 30.0 Å². The Balaban J connectivity index is 1.56. The molecule has 0 unspecified atom stereocenters. The Morgan fingerprint density at radius 3 is 2.70 bits per heavy atom. The number of aryl methyl sites for hydroxylation is 2. The summed E-state index contributed by atoms with van der Waals surface area (Å²) in [6.07, 6.45) is 3.77. The lowest BCUT2D eigenvalue weighted by Gasteiger charge is -2.14. The van der Waals surface area contributed by atoms with E-state index in [1.807, 2.05) is 77.8 Å². The monoisotopic (exact) mass is 458 g/mol. The molecule has 0 radical (unpaired) electrons. The summed E-state index contributed by atoms with van der Waals surface area (Å²) in [5, 5.41) is 9.64. The van der Waals surface area contributed by atoms with Crippen LogP contribution in [0.3, 0.4) is 0 Å². The van der Waals surface area contributed by atoms with Crippen molar-refractivity contribution in [2.45, 2.75) is 17.8 Å². The molecule has 8 nitrogen and oxygen atoms in total. The lowest BCUT2D eigenvalue weighted by molar-refractivity contribution is 0.412. The minimum Gasteiger partial charge on any atom is -0.495 e. The fourth-order valence-corrected chi connectivity index (χ4v) is 4.56. The molecular formula is C24H22N6O2S. The lowest BCUT2D eigenvalue weighted by Crippen LogP contribution is -2.15. The highest BCUT2D eigenvalue weighted by atomic mass is 32.2. The zero-order valence-electron chi connectivity index (χ0n) is 18.5. The van der Waals surface area contributed by atoms with E-state index in [9.17, 15) is 4.79 Å². The molecule has 0 aliphatic heterocycles. The molecule has 166 valence electrons.